The van der Waals surface area contributed by atoms with Crippen molar-refractivity contribution >= 4 is 16.6 Å². The molecule has 8 heteroatoms. The van der Waals surface area contributed by atoms with E-state index >= 15 is 0 Å². The Balaban J connectivity index is 1.65. The lowest BCUT2D eigenvalue weighted by Crippen LogP contribution is -2.39. The summed E-state index contributed by atoms with van der Waals surface area (Å²) in [4.78, 5) is 6.09. The van der Waals surface area contributed by atoms with E-state index in [0.717, 1.165) is 0 Å². The van der Waals surface area contributed by atoms with Crippen LogP contribution in [0.4, 0.5) is 14.5 Å². The number of para-hydroxylation sites is 2. The molecule has 29 heavy (non-hydrogen) atoms. The Labute approximate surface area is 165 Å². The molecule has 0 amide bonds. The van der Waals surface area contributed by atoms with Crippen LogP contribution in [-0.2, 0) is 0 Å². The van der Waals surface area contributed by atoms with Crippen molar-refractivity contribution in [3.8, 4) is 23.3 Å². The van der Waals surface area contributed by atoms with E-state index in [1.165, 1.54) is 18.3 Å². The Morgan fingerprint density at radius 2 is 2.07 bits per heavy atom. The molecule has 4 rings (SSSR count). The fourth-order valence-corrected chi connectivity index (χ4v) is 3.38. The molecule has 0 aliphatic carbocycles. The molecule has 2 aromatic carbocycles. The summed E-state index contributed by atoms with van der Waals surface area (Å²) in [6.45, 7) is -2.16. The number of nitrogens with zero attached hydrogens (tertiary/aromatic N) is 3. The molecule has 0 radical (unpaired) electrons. The van der Waals surface area contributed by atoms with Crippen LogP contribution in [0.3, 0.4) is 0 Å². The number of likely N-dealkylation sites (N-methyl/N-ethyl adjacent to an activating group) is 1. The van der Waals surface area contributed by atoms with Crippen LogP contribution in [0.25, 0.3) is 10.9 Å². The highest BCUT2D eigenvalue weighted by Crippen LogP contribution is 2.34. The molecule has 148 valence electrons. The molecule has 0 fully saturated rings. The van der Waals surface area contributed by atoms with Crippen molar-refractivity contribution < 1.29 is 23.0 Å². The number of anilines is 1. The number of hydrogen-bond acceptors (Lipinski definition) is 6. The summed E-state index contributed by atoms with van der Waals surface area (Å²) < 4.78 is 41.5. The van der Waals surface area contributed by atoms with Gasteiger partial charge in [-0.1, -0.05) is 12.1 Å². The molecule has 0 saturated heterocycles. The Morgan fingerprint density at radius 3 is 2.83 bits per heavy atom. The number of halogens is 2. The number of ether oxygens (including phenoxy) is 3. The Kier molecular flexibility index (Phi) is 5.04. The van der Waals surface area contributed by atoms with E-state index in [9.17, 15) is 14.0 Å². The van der Waals surface area contributed by atoms with Crippen molar-refractivity contribution in [1.82, 2.24) is 4.98 Å². The molecule has 1 aromatic heterocycles. The predicted molar refractivity (Wildman–Crippen MR) is 103 cm³/mol. The lowest BCUT2D eigenvalue weighted by molar-refractivity contribution is -0.0497. The lowest BCUT2D eigenvalue weighted by Gasteiger charge is -2.31. The monoisotopic (exact) mass is 397 g/mol. The van der Waals surface area contributed by atoms with Crippen LogP contribution in [0.15, 0.2) is 48.7 Å². The summed E-state index contributed by atoms with van der Waals surface area (Å²) in [5.74, 6) is 1.35. The molecule has 1 aliphatic rings. The highest BCUT2D eigenvalue weighted by molar-refractivity contribution is 5.95. The lowest BCUT2D eigenvalue weighted by atomic mass is 10.1. The summed E-state index contributed by atoms with van der Waals surface area (Å²) in [7, 11) is 1.81. The normalized spacial score (nSPS) is 15.2. The van der Waals surface area contributed by atoms with Crippen LogP contribution in [-0.4, -0.2) is 37.9 Å². The predicted octanol–water partition coefficient (Wildman–Crippen LogP) is 3.98. The summed E-state index contributed by atoms with van der Waals surface area (Å²) in [5, 5.41) is 10.1. The first-order valence-electron chi connectivity index (χ1n) is 8.92. The van der Waals surface area contributed by atoms with Crippen molar-refractivity contribution in [1.29, 1.82) is 5.26 Å². The van der Waals surface area contributed by atoms with Crippen molar-refractivity contribution in [2.45, 2.75) is 12.7 Å². The molecule has 0 bridgehead atoms. The minimum absolute atomic E-state index is 0.00483. The number of hydrogen-bond donors (Lipinski definition) is 0. The number of nitriles is 1. The fourth-order valence-electron chi connectivity index (χ4n) is 3.38. The summed E-state index contributed by atoms with van der Waals surface area (Å²) in [6, 6.07) is 14.0. The zero-order chi connectivity index (χ0) is 20.4. The van der Waals surface area contributed by atoms with Gasteiger partial charge in [0.1, 0.15) is 18.4 Å². The second-order valence-corrected chi connectivity index (χ2v) is 6.57. The van der Waals surface area contributed by atoms with Gasteiger partial charge in [0.2, 0.25) is 0 Å². The first kappa shape index (κ1) is 18.7. The SMILES string of the molecule is CN(CC1COc2ccccc2O1)c1c(C#N)cnc2ccc(OC(F)F)cc12. The number of aromatic nitrogens is 1. The molecular weight excluding hydrogens is 380 g/mol. The molecule has 0 N–H and O–H groups in total. The third-order valence-electron chi connectivity index (χ3n) is 4.58. The smallest absolute Gasteiger partial charge is 0.387 e. The highest BCUT2D eigenvalue weighted by Gasteiger charge is 2.24. The minimum atomic E-state index is -2.94. The fraction of sp³-hybridized carbons (Fsp3) is 0.238. The van der Waals surface area contributed by atoms with E-state index in [1.54, 1.807) is 13.1 Å². The van der Waals surface area contributed by atoms with Gasteiger partial charge >= 0.3 is 6.61 Å². The number of benzene rings is 2. The molecule has 6 nitrogen and oxygen atoms in total. The van der Waals surface area contributed by atoms with Gasteiger partial charge in [0, 0.05) is 18.6 Å². The van der Waals surface area contributed by atoms with Gasteiger partial charge in [0.15, 0.2) is 17.6 Å². The van der Waals surface area contributed by atoms with Crippen molar-refractivity contribution in [2.24, 2.45) is 0 Å². The van der Waals surface area contributed by atoms with Gasteiger partial charge in [-0.2, -0.15) is 14.0 Å². The van der Waals surface area contributed by atoms with Gasteiger partial charge in [-0.3, -0.25) is 4.98 Å². The first-order valence-corrected chi connectivity index (χ1v) is 8.92. The second kappa shape index (κ2) is 7.80. The summed E-state index contributed by atoms with van der Waals surface area (Å²) in [6.07, 6.45) is 1.19. The Hall–Kier alpha value is -3.60. The Bertz CT molecular complexity index is 1080. The van der Waals surface area contributed by atoms with Crippen molar-refractivity contribution in [3.63, 3.8) is 0 Å². The minimum Gasteiger partial charge on any atom is -0.486 e. The molecule has 1 aliphatic heterocycles. The van der Waals surface area contributed by atoms with Crippen LogP contribution in [0.1, 0.15) is 5.56 Å². The number of fused-ring (bicyclic) bond motifs is 2. The molecular formula is C21H17F2N3O3. The first-order chi connectivity index (χ1) is 14.0. The zero-order valence-corrected chi connectivity index (χ0v) is 15.5. The van der Waals surface area contributed by atoms with Gasteiger partial charge in [0.05, 0.1) is 23.3 Å². The van der Waals surface area contributed by atoms with Gasteiger partial charge in [-0.25, -0.2) is 0 Å². The Morgan fingerprint density at radius 1 is 1.28 bits per heavy atom. The van der Waals surface area contributed by atoms with E-state index in [2.05, 4.69) is 15.8 Å². The van der Waals surface area contributed by atoms with Crippen LogP contribution < -0.4 is 19.1 Å². The highest BCUT2D eigenvalue weighted by atomic mass is 19.3. The van der Waals surface area contributed by atoms with Crippen LogP contribution in [0.5, 0.6) is 17.2 Å². The standard InChI is InChI=1S/C21H17F2N3O3/c1-26(11-15-12-27-18-4-2-3-5-19(18)28-15)20-13(9-24)10-25-17-7-6-14(8-16(17)20)29-21(22)23/h2-8,10,15,21H,11-12H2,1H3. The third-order valence-corrected chi connectivity index (χ3v) is 4.58. The molecule has 3 aromatic rings. The van der Waals surface area contributed by atoms with Crippen LogP contribution in [0, 0.1) is 11.3 Å². The largest absolute Gasteiger partial charge is 0.486 e. The van der Waals surface area contributed by atoms with E-state index in [-0.39, 0.29) is 11.9 Å². The maximum Gasteiger partial charge on any atom is 0.387 e. The average molecular weight is 397 g/mol. The average Bonchev–Trinajstić information content (AvgIpc) is 2.72. The van der Waals surface area contributed by atoms with Crippen LogP contribution >= 0.6 is 0 Å². The molecule has 2 heterocycles. The van der Waals surface area contributed by atoms with Gasteiger partial charge in [-0.15, -0.1) is 0 Å². The van der Waals surface area contributed by atoms with E-state index < -0.39 is 6.61 Å². The zero-order valence-electron chi connectivity index (χ0n) is 15.5. The van der Waals surface area contributed by atoms with Crippen molar-refractivity contribution in [3.05, 3.63) is 54.2 Å². The topological polar surface area (TPSA) is 67.6 Å². The maximum atomic E-state index is 12.6. The number of alkyl halides is 2. The van der Waals surface area contributed by atoms with Crippen molar-refractivity contribution in [2.75, 3.05) is 25.1 Å². The van der Waals surface area contributed by atoms with E-state index in [1.807, 2.05) is 29.2 Å². The quantitative estimate of drug-likeness (QED) is 0.649. The number of pyridine rings is 1. The summed E-state index contributed by atoms with van der Waals surface area (Å²) in [5.41, 5.74) is 1.46. The summed E-state index contributed by atoms with van der Waals surface area (Å²) >= 11 is 0. The van der Waals surface area contributed by atoms with E-state index in [4.69, 9.17) is 9.47 Å². The van der Waals surface area contributed by atoms with E-state index in [0.29, 0.717) is 46.8 Å². The van der Waals surface area contributed by atoms with Gasteiger partial charge in [0.25, 0.3) is 0 Å². The number of rotatable bonds is 5. The van der Waals surface area contributed by atoms with Gasteiger partial charge in [-0.05, 0) is 30.3 Å². The maximum absolute atomic E-state index is 12.6. The molecule has 0 saturated carbocycles. The van der Waals surface area contributed by atoms with Crippen LogP contribution in [0.2, 0.25) is 0 Å². The van der Waals surface area contributed by atoms with Gasteiger partial charge < -0.3 is 19.1 Å². The third kappa shape index (κ3) is 3.85. The molecule has 1 unspecified atom stereocenters. The molecule has 0 spiro atoms. The second-order valence-electron chi connectivity index (χ2n) is 6.57. The molecule has 1 atom stereocenters.